The summed E-state index contributed by atoms with van der Waals surface area (Å²) in [4.78, 5) is 39.2. The van der Waals surface area contributed by atoms with E-state index in [1.807, 2.05) is 46.2 Å². The Morgan fingerprint density at radius 2 is 1.22 bits per heavy atom. The number of carbonyl (C=O) groups is 2. The fraction of sp³-hybridized carbons (Fsp3) is 0.519. The number of carbonyl (C=O) groups excluding carboxylic acids is 2. The molecule has 8 rings (SSSR count). The molecule has 0 radical (unpaired) electrons. The third-order valence-electron chi connectivity index (χ3n) is 13.7. The van der Waals surface area contributed by atoms with E-state index in [9.17, 15) is 19.8 Å². The number of anilines is 4. The average Bonchev–Trinajstić information content (AvgIpc) is 4.06. The van der Waals surface area contributed by atoms with E-state index in [1.54, 1.807) is 13.8 Å². The molecule has 3 fully saturated rings. The number of nitrogens with one attached hydrogen (secondary N) is 4. The Kier molecular flexibility index (Phi) is 17.9. The molecule has 3 saturated heterocycles. The number of hydrogen-bond donors (Lipinski definition) is 6. The molecule has 366 valence electrons. The second kappa shape index (κ2) is 24.1. The Morgan fingerprint density at radius 1 is 0.691 bits per heavy atom. The van der Waals surface area contributed by atoms with Crippen LogP contribution in [-0.4, -0.2) is 120 Å². The summed E-state index contributed by atoms with van der Waals surface area (Å²) in [7, 11) is 0. The smallest absolute Gasteiger partial charge is 0.321 e. The van der Waals surface area contributed by atoms with E-state index >= 15 is 0 Å². The summed E-state index contributed by atoms with van der Waals surface area (Å²) in [6.07, 6.45) is 8.24. The normalized spacial score (nSPS) is 19.4. The van der Waals surface area contributed by atoms with Crippen molar-refractivity contribution >= 4 is 40.6 Å². The molecule has 0 saturated carbocycles. The molecule has 4 amide bonds. The Balaban J connectivity index is 0.000000201. The minimum atomic E-state index is -0.477. The van der Waals surface area contributed by atoms with Crippen LogP contribution in [0, 0.1) is 25.7 Å². The molecular weight excluding hydrogens is 857 g/mol. The van der Waals surface area contributed by atoms with Crippen molar-refractivity contribution in [3.05, 3.63) is 89.3 Å². The summed E-state index contributed by atoms with van der Waals surface area (Å²) < 4.78 is 11.0. The number of likely N-dealkylation sites (tertiary alicyclic amines) is 2. The number of rotatable bonds is 14. The van der Waals surface area contributed by atoms with Crippen LogP contribution in [0.3, 0.4) is 0 Å². The number of aliphatic hydroxyl groups excluding tert-OH is 2. The van der Waals surface area contributed by atoms with Crippen molar-refractivity contribution in [1.82, 2.24) is 19.8 Å². The minimum Gasteiger partial charge on any atom is -0.392 e. The second-order valence-electron chi connectivity index (χ2n) is 19.1. The van der Waals surface area contributed by atoms with Gasteiger partial charge >= 0.3 is 12.1 Å². The van der Waals surface area contributed by atoms with Gasteiger partial charge in [-0.1, -0.05) is 44.9 Å². The van der Waals surface area contributed by atoms with Gasteiger partial charge in [0.1, 0.15) is 11.6 Å². The zero-order chi connectivity index (χ0) is 48.2. The van der Waals surface area contributed by atoms with E-state index in [4.69, 9.17) is 19.4 Å². The molecular formula is C54H74N8O6. The number of aryl methyl sites for hydroxylation is 2. The molecule has 0 spiro atoms. The van der Waals surface area contributed by atoms with Crippen LogP contribution in [0.5, 0.6) is 0 Å². The van der Waals surface area contributed by atoms with Crippen LogP contribution in [0.15, 0.2) is 66.7 Å². The Hall–Kier alpha value is -5.54. The van der Waals surface area contributed by atoms with Crippen molar-refractivity contribution in [2.45, 2.75) is 105 Å². The Labute approximate surface area is 403 Å². The van der Waals surface area contributed by atoms with Crippen molar-refractivity contribution in [2.24, 2.45) is 11.8 Å². The van der Waals surface area contributed by atoms with Gasteiger partial charge in [0.2, 0.25) is 0 Å². The van der Waals surface area contributed by atoms with Gasteiger partial charge in [-0.3, -0.25) is 0 Å². The van der Waals surface area contributed by atoms with Gasteiger partial charge in [-0.15, -0.1) is 0 Å². The zero-order valence-electron chi connectivity index (χ0n) is 41.1. The predicted molar refractivity (Wildman–Crippen MR) is 273 cm³/mol. The van der Waals surface area contributed by atoms with Crippen molar-refractivity contribution < 1.29 is 29.3 Å². The highest BCUT2D eigenvalue weighted by molar-refractivity contribution is 5.92. The summed E-state index contributed by atoms with van der Waals surface area (Å²) in [6.45, 7) is 19.0. The van der Waals surface area contributed by atoms with Crippen LogP contribution in [0.1, 0.15) is 101 Å². The van der Waals surface area contributed by atoms with Crippen molar-refractivity contribution in [2.75, 3.05) is 87.0 Å². The number of ether oxygens (including phenoxy) is 2. The van der Waals surface area contributed by atoms with Gasteiger partial charge in [0.15, 0.2) is 0 Å². The van der Waals surface area contributed by atoms with E-state index < -0.39 is 12.2 Å². The second-order valence-corrected chi connectivity index (χ2v) is 19.1. The molecule has 2 aromatic heterocycles. The number of aromatic nitrogens is 2. The maximum absolute atomic E-state index is 12.8. The first-order chi connectivity index (χ1) is 32.8. The quantitative estimate of drug-likeness (QED) is 0.0715. The van der Waals surface area contributed by atoms with Gasteiger partial charge in [-0.05, 0) is 159 Å². The van der Waals surface area contributed by atoms with Crippen LogP contribution >= 0.6 is 0 Å². The van der Waals surface area contributed by atoms with Gasteiger partial charge in [0.05, 0.1) is 31.1 Å². The maximum Gasteiger partial charge on any atom is 0.321 e. The molecule has 2 aromatic carbocycles. The molecule has 4 aromatic rings. The lowest BCUT2D eigenvalue weighted by atomic mass is 9.92. The third-order valence-corrected chi connectivity index (χ3v) is 13.7. The van der Waals surface area contributed by atoms with E-state index in [0.29, 0.717) is 44.1 Å². The predicted octanol–water partition coefficient (Wildman–Crippen LogP) is 9.92. The highest BCUT2D eigenvalue weighted by Crippen LogP contribution is 2.35. The van der Waals surface area contributed by atoms with Gasteiger partial charge < -0.3 is 50.8 Å². The molecule has 6 heterocycles. The highest BCUT2D eigenvalue weighted by atomic mass is 16.5. The Bertz CT molecular complexity index is 2360. The van der Waals surface area contributed by atoms with Crippen molar-refractivity contribution in [1.29, 1.82) is 0 Å². The molecule has 14 nitrogen and oxygen atoms in total. The summed E-state index contributed by atoms with van der Waals surface area (Å²) in [5, 5.41) is 32.2. The minimum absolute atomic E-state index is 0.0253. The lowest BCUT2D eigenvalue weighted by Crippen LogP contribution is -2.32. The molecule has 4 aliphatic heterocycles. The van der Waals surface area contributed by atoms with Crippen molar-refractivity contribution in [3.8, 4) is 22.3 Å². The number of hydrogen-bond acceptors (Lipinski definition) is 10. The van der Waals surface area contributed by atoms with Crippen LogP contribution in [-0.2, 0) is 9.47 Å². The van der Waals surface area contributed by atoms with E-state index in [2.05, 4.69) is 79.3 Å². The molecule has 68 heavy (non-hydrogen) atoms. The van der Waals surface area contributed by atoms with Gasteiger partial charge in [-0.25, -0.2) is 19.6 Å². The van der Waals surface area contributed by atoms with Gasteiger partial charge in [0.25, 0.3) is 0 Å². The monoisotopic (exact) mass is 931 g/mol. The molecule has 4 atom stereocenters. The number of pyridine rings is 2. The first kappa shape index (κ1) is 50.3. The molecule has 14 heteroatoms. The fourth-order valence-electron chi connectivity index (χ4n) is 9.33. The summed E-state index contributed by atoms with van der Waals surface area (Å²) in [6, 6.07) is 20.4. The molecule has 0 unspecified atom stereocenters. The topological polar surface area (TPSA) is 173 Å². The standard InChI is InChI=1S/C27H38N4O3.C27H36N4O3/c2*1-4-20-7-10-31(17-20)27(33)29-23-6-5-18(2)24(15-23)22-13-25(21-8-11-34-12-9-21)30-26(14-22)28-16-19(3)32/h5-6,13-15,19-21,32H,4,7-12,16-17H2,1-3H3,(H,28,30)(H,29,33);5-6,8,13-15,19-20,32H,4,7,9-12,16-17H2,1-3H3,(H,28,30)(H,29,33)/t2*19-,20-/m11/s1. The van der Waals surface area contributed by atoms with Crippen molar-refractivity contribution in [3.63, 3.8) is 0 Å². The molecule has 4 aliphatic rings. The van der Waals surface area contributed by atoms with Crippen LogP contribution in [0.4, 0.5) is 32.6 Å². The summed E-state index contributed by atoms with van der Waals surface area (Å²) >= 11 is 0. The van der Waals surface area contributed by atoms with E-state index in [-0.39, 0.29) is 12.1 Å². The number of benzene rings is 2. The highest BCUT2D eigenvalue weighted by Gasteiger charge is 2.27. The average molecular weight is 931 g/mol. The van der Waals surface area contributed by atoms with Gasteiger partial charge in [-0.2, -0.15) is 0 Å². The van der Waals surface area contributed by atoms with Crippen LogP contribution < -0.4 is 21.3 Å². The summed E-state index contributed by atoms with van der Waals surface area (Å²) in [5.41, 5.74) is 11.1. The number of amides is 4. The zero-order valence-corrected chi connectivity index (χ0v) is 41.1. The first-order valence-electron chi connectivity index (χ1n) is 24.9. The van der Waals surface area contributed by atoms with Crippen LogP contribution in [0.25, 0.3) is 27.8 Å². The SMILES string of the molecule is CC[C@@H]1CCN(C(=O)Nc2ccc(C)c(-c3cc(NC[C@@H](C)O)nc(C4=CCOCC4)c3)c2)C1.CC[C@@H]1CCN(C(=O)Nc2ccc(C)c(-c3cc(NC[C@@H](C)O)nc(C4CCOCC4)c3)c2)C1. The van der Waals surface area contributed by atoms with Crippen LogP contribution in [0.2, 0.25) is 0 Å². The van der Waals surface area contributed by atoms with E-state index in [0.717, 1.165) is 158 Å². The van der Waals surface area contributed by atoms with Gasteiger partial charge in [0, 0.05) is 75.5 Å². The molecule has 0 aliphatic carbocycles. The molecule has 0 bridgehead atoms. The lowest BCUT2D eigenvalue weighted by molar-refractivity contribution is 0.0845. The summed E-state index contributed by atoms with van der Waals surface area (Å²) in [5.74, 6) is 3.04. The maximum atomic E-state index is 12.8. The molecule has 6 N–H and O–H groups in total. The largest absolute Gasteiger partial charge is 0.392 e. The third kappa shape index (κ3) is 13.8. The fourth-order valence-corrected chi connectivity index (χ4v) is 9.33. The first-order valence-corrected chi connectivity index (χ1v) is 24.9. The Morgan fingerprint density at radius 3 is 1.71 bits per heavy atom. The number of urea groups is 2. The van der Waals surface area contributed by atoms with E-state index in [1.165, 1.54) is 0 Å². The number of nitrogens with zero attached hydrogens (tertiary/aromatic N) is 4. The lowest BCUT2D eigenvalue weighted by Gasteiger charge is -2.23. The number of aliphatic hydroxyl groups is 2.